The number of ether oxygens (including phenoxy) is 1. The molecule has 0 saturated heterocycles. The molecule has 3 rings (SSSR count). The van der Waals surface area contributed by atoms with Gasteiger partial charge in [-0.1, -0.05) is 29.0 Å². The number of benzene rings is 2. The van der Waals surface area contributed by atoms with Crippen molar-refractivity contribution in [3.05, 3.63) is 63.0 Å². The van der Waals surface area contributed by atoms with E-state index in [0.29, 0.717) is 29.3 Å². The van der Waals surface area contributed by atoms with Crippen molar-refractivity contribution in [2.75, 3.05) is 13.2 Å². The van der Waals surface area contributed by atoms with Gasteiger partial charge in [-0.05, 0) is 50.5 Å². The summed E-state index contributed by atoms with van der Waals surface area (Å²) < 4.78 is 35.5. The maximum absolute atomic E-state index is 14.4. The van der Waals surface area contributed by atoms with Gasteiger partial charge in [0.25, 0.3) is 5.91 Å². The average molecular weight is 419 g/mol. The number of nitrogens with zero attached hydrogens (tertiary/aromatic N) is 2. The molecule has 1 heterocycles. The van der Waals surface area contributed by atoms with Crippen molar-refractivity contribution in [1.82, 2.24) is 4.57 Å². The fourth-order valence-corrected chi connectivity index (χ4v) is 4.62. The Labute approximate surface area is 172 Å². The van der Waals surface area contributed by atoms with Gasteiger partial charge in [-0.15, -0.1) is 0 Å². The summed E-state index contributed by atoms with van der Waals surface area (Å²) in [4.78, 5) is 17.3. The van der Waals surface area contributed by atoms with Gasteiger partial charge in [0.05, 0.1) is 23.2 Å². The molecule has 0 aliphatic rings. The first-order valence-corrected chi connectivity index (χ1v) is 10.3. The van der Waals surface area contributed by atoms with E-state index in [1.165, 1.54) is 6.07 Å². The molecule has 0 spiro atoms. The molecule has 0 aliphatic carbocycles. The average Bonchev–Trinajstić information content (AvgIpc) is 2.95. The molecule has 0 fully saturated rings. The van der Waals surface area contributed by atoms with E-state index >= 15 is 0 Å². The lowest BCUT2D eigenvalue weighted by molar-refractivity contribution is -0.117. The van der Waals surface area contributed by atoms with Crippen LogP contribution in [0.5, 0.6) is 0 Å². The van der Waals surface area contributed by atoms with Crippen molar-refractivity contribution in [1.29, 1.82) is 0 Å². The highest BCUT2D eigenvalue weighted by molar-refractivity contribution is 7.16. The summed E-state index contributed by atoms with van der Waals surface area (Å²) in [6.45, 7) is 9.03. The zero-order valence-corrected chi connectivity index (χ0v) is 17.8. The second-order valence-electron chi connectivity index (χ2n) is 7.03. The maximum atomic E-state index is 14.4. The molecule has 7 heteroatoms. The number of amides is 1. The van der Waals surface area contributed by atoms with Crippen molar-refractivity contribution >= 4 is 27.5 Å². The first-order valence-electron chi connectivity index (χ1n) is 9.50. The molecule has 4 nitrogen and oxygen atoms in total. The van der Waals surface area contributed by atoms with Crippen molar-refractivity contribution in [3.63, 3.8) is 0 Å². The first kappa shape index (κ1) is 21.3. The summed E-state index contributed by atoms with van der Waals surface area (Å²) in [5.41, 5.74) is 4.41. The molecule has 29 heavy (non-hydrogen) atoms. The molecular formula is C22H24F2N2O2S. The van der Waals surface area contributed by atoms with Crippen LogP contribution in [-0.4, -0.2) is 23.7 Å². The SMILES string of the molecule is CCOCCn1c(=NC(=O)Cc2c(C)cc(C)cc2C)sc2cc(F)cc(F)c21. The summed E-state index contributed by atoms with van der Waals surface area (Å²) in [6, 6.07) is 6.18. The zero-order chi connectivity index (χ0) is 21.1. The third kappa shape index (κ3) is 4.79. The van der Waals surface area contributed by atoms with Crippen LogP contribution in [0.3, 0.4) is 0 Å². The van der Waals surface area contributed by atoms with Crippen molar-refractivity contribution in [3.8, 4) is 0 Å². The van der Waals surface area contributed by atoms with E-state index in [9.17, 15) is 13.6 Å². The van der Waals surface area contributed by atoms with Crippen molar-refractivity contribution in [2.24, 2.45) is 4.99 Å². The highest BCUT2D eigenvalue weighted by Gasteiger charge is 2.15. The summed E-state index contributed by atoms with van der Waals surface area (Å²) in [5, 5.41) is 0. The van der Waals surface area contributed by atoms with Crippen LogP contribution >= 0.6 is 11.3 Å². The molecule has 0 radical (unpaired) electrons. The third-order valence-electron chi connectivity index (χ3n) is 4.75. The minimum absolute atomic E-state index is 0.161. The number of carbonyl (C=O) groups excluding carboxylic acids is 1. The fraction of sp³-hybridized carbons (Fsp3) is 0.364. The monoisotopic (exact) mass is 418 g/mol. The summed E-state index contributed by atoms with van der Waals surface area (Å²) in [6.07, 6.45) is 0.161. The van der Waals surface area contributed by atoms with Crippen LogP contribution in [0.15, 0.2) is 29.3 Å². The van der Waals surface area contributed by atoms with E-state index in [4.69, 9.17) is 4.74 Å². The third-order valence-corrected chi connectivity index (χ3v) is 5.77. The van der Waals surface area contributed by atoms with Gasteiger partial charge in [0.2, 0.25) is 0 Å². The largest absolute Gasteiger partial charge is 0.380 e. The molecule has 1 amide bonds. The van der Waals surface area contributed by atoms with Crippen LogP contribution in [-0.2, 0) is 22.5 Å². The van der Waals surface area contributed by atoms with Crippen LogP contribution in [0.4, 0.5) is 8.78 Å². The Hall–Kier alpha value is -2.38. The number of rotatable bonds is 6. The van der Waals surface area contributed by atoms with E-state index in [0.717, 1.165) is 39.7 Å². The quantitative estimate of drug-likeness (QED) is 0.549. The van der Waals surface area contributed by atoms with Gasteiger partial charge in [0.1, 0.15) is 5.82 Å². The zero-order valence-electron chi connectivity index (χ0n) is 17.0. The van der Waals surface area contributed by atoms with Gasteiger partial charge >= 0.3 is 0 Å². The van der Waals surface area contributed by atoms with Crippen LogP contribution in [0.25, 0.3) is 10.2 Å². The minimum Gasteiger partial charge on any atom is -0.380 e. The Bertz CT molecular complexity index is 1110. The maximum Gasteiger partial charge on any atom is 0.252 e. The molecule has 154 valence electrons. The second kappa shape index (κ2) is 8.97. The van der Waals surface area contributed by atoms with Gasteiger partial charge < -0.3 is 9.30 Å². The second-order valence-corrected chi connectivity index (χ2v) is 8.04. The molecule has 0 saturated carbocycles. The highest BCUT2D eigenvalue weighted by Crippen LogP contribution is 2.23. The minimum atomic E-state index is -0.674. The molecule has 0 aliphatic heterocycles. The first-order chi connectivity index (χ1) is 13.8. The summed E-state index contributed by atoms with van der Waals surface area (Å²) >= 11 is 1.10. The van der Waals surface area contributed by atoms with Gasteiger partial charge in [-0.2, -0.15) is 4.99 Å². The lowest BCUT2D eigenvalue weighted by Crippen LogP contribution is -2.21. The van der Waals surface area contributed by atoms with Gasteiger partial charge in [-0.3, -0.25) is 4.79 Å². The molecule has 0 N–H and O–H groups in total. The Morgan fingerprint density at radius 2 is 1.83 bits per heavy atom. The Morgan fingerprint density at radius 3 is 2.48 bits per heavy atom. The predicted octanol–water partition coefficient (Wildman–Crippen LogP) is 4.61. The Morgan fingerprint density at radius 1 is 1.14 bits per heavy atom. The number of hydrogen-bond donors (Lipinski definition) is 0. The highest BCUT2D eigenvalue weighted by atomic mass is 32.1. The number of aryl methyl sites for hydroxylation is 3. The molecule has 0 atom stereocenters. The lowest BCUT2D eigenvalue weighted by Gasteiger charge is -2.09. The number of thiazole rings is 1. The number of fused-ring (bicyclic) bond motifs is 1. The normalized spacial score (nSPS) is 12.1. The van der Waals surface area contributed by atoms with E-state index in [1.807, 2.05) is 39.8 Å². The number of aromatic nitrogens is 1. The fourth-order valence-electron chi connectivity index (χ4n) is 3.51. The smallest absolute Gasteiger partial charge is 0.252 e. The van der Waals surface area contributed by atoms with Gasteiger partial charge in [0, 0.05) is 19.2 Å². The van der Waals surface area contributed by atoms with Crippen LogP contribution < -0.4 is 4.80 Å². The standard InChI is InChI=1S/C22H24F2N2O2S/c1-5-28-7-6-26-21-18(24)10-16(23)11-19(21)29-22(26)25-20(27)12-17-14(3)8-13(2)9-15(17)4/h8-11H,5-7,12H2,1-4H3. The number of hydrogen-bond acceptors (Lipinski definition) is 3. The van der Waals surface area contributed by atoms with E-state index in [1.54, 1.807) is 4.57 Å². The van der Waals surface area contributed by atoms with Gasteiger partial charge in [0.15, 0.2) is 10.6 Å². The topological polar surface area (TPSA) is 43.6 Å². The van der Waals surface area contributed by atoms with E-state index < -0.39 is 11.6 Å². The number of carbonyl (C=O) groups is 1. The van der Waals surface area contributed by atoms with Crippen molar-refractivity contribution in [2.45, 2.75) is 40.7 Å². The van der Waals surface area contributed by atoms with Crippen molar-refractivity contribution < 1.29 is 18.3 Å². The summed E-state index contributed by atoms with van der Waals surface area (Å²) in [7, 11) is 0. The van der Waals surface area contributed by atoms with E-state index in [-0.39, 0.29) is 17.8 Å². The lowest BCUT2D eigenvalue weighted by atomic mass is 9.97. The van der Waals surface area contributed by atoms with Crippen LogP contribution in [0.1, 0.15) is 29.2 Å². The van der Waals surface area contributed by atoms with Crippen LogP contribution in [0.2, 0.25) is 0 Å². The number of halogens is 2. The molecular weight excluding hydrogens is 394 g/mol. The Balaban J connectivity index is 2.03. The Kier molecular flexibility index (Phi) is 6.59. The molecule has 0 bridgehead atoms. The van der Waals surface area contributed by atoms with Crippen LogP contribution in [0, 0.1) is 32.4 Å². The molecule has 2 aromatic carbocycles. The van der Waals surface area contributed by atoms with Gasteiger partial charge in [-0.25, -0.2) is 8.78 Å². The molecule has 0 unspecified atom stereocenters. The molecule has 1 aromatic heterocycles. The summed E-state index contributed by atoms with van der Waals surface area (Å²) in [5.74, 6) is -1.65. The molecule has 3 aromatic rings. The van der Waals surface area contributed by atoms with E-state index in [2.05, 4.69) is 4.99 Å². The predicted molar refractivity (Wildman–Crippen MR) is 111 cm³/mol.